The van der Waals surface area contributed by atoms with E-state index in [-0.39, 0.29) is 6.61 Å². The van der Waals surface area contributed by atoms with Crippen LogP contribution in [0.1, 0.15) is 5.56 Å². The summed E-state index contributed by atoms with van der Waals surface area (Å²) in [6.07, 6.45) is 1.98. The monoisotopic (exact) mass is 319 g/mol. The quantitative estimate of drug-likeness (QED) is 0.690. The number of aromatic nitrogens is 1. The molecule has 0 radical (unpaired) electrons. The van der Waals surface area contributed by atoms with Crippen LogP contribution in [-0.4, -0.2) is 11.6 Å². The molecule has 0 aliphatic heterocycles. The molecule has 1 aromatic heterocycles. The average molecular weight is 320 g/mol. The number of rotatable bonds is 4. The second-order valence-electron chi connectivity index (χ2n) is 4.80. The maximum absolute atomic E-state index is 13.6. The molecule has 2 aromatic carbocycles. The van der Waals surface area contributed by atoms with Crippen molar-refractivity contribution in [2.75, 3.05) is 6.61 Å². The Morgan fingerprint density at radius 2 is 1.91 bits per heavy atom. The van der Waals surface area contributed by atoms with Crippen LogP contribution >= 0.6 is 11.6 Å². The van der Waals surface area contributed by atoms with Crippen LogP contribution < -0.4 is 4.74 Å². The van der Waals surface area contributed by atoms with Crippen molar-refractivity contribution in [1.29, 1.82) is 0 Å². The first kappa shape index (κ1) is 14.7. The molecular formula is C17H12ClF2NO. The van der Waals surface area contributed by atoms with E-state index in [1.807, 2.05) is 6.07 Å². The molecule has 0 unspecified atom stereocenters. The van der Waals surface area contributed by atoms with Gasteiger partial charge in [-0.25, -0.2) is 8.78 Å². The number of fused-ring (bicyclic) bond motifs is 1. The molecule has 0 bridgehead atoms. The minimum atomic E-state index is -0.584. The molecule has 2 nitrogen and oxygen atoms in total. The lowest BCUT2D eigenvalue weighted by Gasteiger charge is -2.09. The van der Waals surface area contributed by atoms with Crippen molar-refractivity contribution in [3.05, 3.63) is 70.9 Å². The highest BCUT2D eigenvalue weighted by molar-refractivity contribution is 6.31. The van der Waals surface area contributed by atoms with E-state index >= 15 is 0 Å². The summed E-state index contributed by atoms with van der Waals surface area (Å²) < 4.78 is 32.1. The third-order valence-electron chi connectivity index (χ3n) is 3.31. The first-order chi connectivity index (χ1) is 10.6. The summed E-state index contributed by atoms with van der Waals surface area (Å²) in [4.78, 5) is 4.23. The van der Waals surface area contributed by atoms with Gasteiger partial charge in [0.2, 0.25) is 0 Å². The normalized spacial score (nSPS) is 10.9. The number of pyridine rings is 1. The highest BCUT2D eigenvalue weighted by atomic mass is 35.5. The van der Waals surface area contributed by atoms with Crippen molar-refractivity contribution in [3.63, 3.8) is 0 Å². The summed E-state index contributed by atoms with van der Waals surface area (Å²) >= 11 is 5.93. The van der Waals surface area contributed by atoms with Crippen molar-refractivity contribution >= 4 is 22.5 Å². The lowest BCUT2D eigenvalue weighted by molar-refractivity contribution is 0.323. The van der Waals surface area contributed by atoms with E-state index < -0.39 is 11.6 Å². The minimum absolute atomic E-state index is 0.282. The van der Waals surface area contributed by atoms with Gasteiger partial charge in [0.1, 0.15) is 17.4 Å². The number of nitrogens with zero attached hydrogens (tertiary/aromatic N) is 1. The molecule has 112 valence electrons. The number of hydrogen-bond acceptors (Lipinski definition) is 2. The zero-order chi connectivity index (χ0) is 15.5. The van der Waals surface area contributed by atoms with Gasteiger partial charge in [0, 0.05) is 29.1 Å². The Morgan fingerprint density at radius 1 is 1.05 bits per heavy atom. The van der Waals surface area contributed by atoms with Crippen LogP contribution in [-0.2, 0) is 6.42 Å². The molecule has 0 aliphatic rings. The molecule has 5 heteroatoms. The van der Waals surface area contributed by atoms with Crippen LogP contribution in [0.3, 0.4) is 0 Å². The van der Waals surface area contributed by atoms with Gasteiger partial charge in [-0.1, -0.05) is 17.7 Å². The summed E-state index contributed by atoms with van der Waals surface area (Å²) in [5.74, 6) is -0.488. The van der Waals surface area contributed by atoms with E-state index in [2.05, 4.69) is 4.98 Å². The molecule has 1 heterocycles. The fraction of sp³-hybridized carbons (Fsp3) is 0.118. The molecule has 22 heavy (non-hydrogen) atoms. The average Bonchev–Trinajstić information content (AvgIpc) is 2.49. The maximum atomic E-state index is 13.6. The van der Waals surface area contributed by atoms with E-state index in [9.17, 15) is 8.78 Å². The largest absolute Gasteiger partial charge is 0.492 e. The molecule has 3 aromatic rings. The smallest absolute Gasteiger partial charge is 0.130 e. The molecule has 0 atom stereocenters. The van der Waals surface area contributed by atoms with Gasteiger partial charge < -0.3 is 4.74 Å². The Hall–Kier alpha value is -2.20. The van der Waals surface area contributed by atoms with Crippen molar-refractivity contribution < 1.29 is 13.5 Å². The lowest BCUT2D eigenvalue weighted by atomic mass is 10.1. The Bertz CT molecular complexity index is 823. The Kier molecular flexibility index (Phi) is 4.20. The van der Waals surface area contributed by atoms with Gasteiger partial charge in [-0.05, 0) is 35.9 Å². The highest BCUT2D eigenvalue weighted by Crippen LogP contribution is 2.26. The first-order valence-corrected chi connectivity index (χ1v) is 7.12. The number of ether oxygens (including phenoxy) is 1. The van der Waals surface area contributed by atoms with Gasteiger partial charge in [-0.3, -0.25) is 4.98 Å². The Morgan fingerprint density at radius 3 is 2.73 bits per heavy atom. The minimum Gasteiger partial charge on any atom is -0.492 e. The van der Waals surface area contributed by atoms with Gasteiger partial charge in [-0.2, -0.15) is 0 Å². The molecule has 0 saturated heterocycles. The fourth-order valence-corrected chi connectivity index (χ4v) is 2.38. The van der Waals surface area contributed by atoms with Gasteiger partial charge in [0.15, 0.2) is 0 Å². The van der Waals surface area contributed by atoms with Gasteiger partial charge >= 0.3 is 0 Å². The van der Waals surface area contributed by atoms with E-state index in [1.165, 1.54) is 12.1 Å². The predicted molar refractivity (Wildman–Crippen MR) is 82.3 cm³/mol. The number of hydrogen-bond donors (Lipinski definition) is 0. The Labute approximate surface area is 131 Å². The summed E-state index contributed by atoms with van der Waals surface area (Å²) in [5, 5.41) is 1.44. The number of halogens is 3. The molecule has 0 N–H and O–H groups in total. The second-order valence-corrected chi connectivity index (χ2v) is 5.24. The molecule has 0 fully saturated rings. The van der Waals surface area contributed by atoms with Crippen LogP contribution in [0.5, 0.6) is 5.75 Å². The lowest BCUT2D eigenvalue weighted by Crippen LogP contribution is -2.04. The standard InChI is InChI=1S/C17H12ClF2NO/c18-12-2-4-14-16(9-12)21-7-5-17(14)22-8-6-11-1-3-13(19)10-15(11)20/h1-5,7,9-10H,6,8H2. The van der Waals surface area contributed by atoms with Gasteiger partial charge in [0.25, 0.3) is 0 Å². The molecule has 0 amide bonds. The maximum Gasteiger partial charge on any atom is 0.130 e. The van der Waals surface area contributed by atoms with E-state index in [1.54, 1.807) is 24.4 Å². The van der Waals surface area contributed by atoms with E-state index in [0.29, 0.717) is 22.8 Å². The number of benzene rings is 2. The molecule has 0 spiro atoms. The zero-order valence-corrected chi connectivity index (χ0v) is 12.3. The fourth-order valence-electron chi connectivity index (χ4n) is 2.22. The molecule has 0 aliphatic carbocycles. The van der Waals surface area contributed by atoms with E-state index in [0.717, 1.165) is 17.0 Å². The summed E-state index contributed by atoms with van der Waals surface area (Å²) in [5.41, 5.74) is 1.15. The zero-order valence-electron chi connectivity index (χ0n) is 11.5. The third-order valence-corrected chi connectivity index (χ3v) is 3.54. The van der Waals surface area contributed by atoms with Crippen LogP contribution in [0.15, 0.2) is 48.7 Å². The van der Waals surface area contributed by atoms with Crippen LogP contribution in [0.25, 0.3) is 10.9 Å². The highest BCUT2D eigenvalue weighted by Gasteiger charge is 2.06. The van der Waals surface area contributed by atoms with Crippen molar-refractivity contribution in [2.45, 2.75) is 6.42 Å². The van der Waals surface area contributed by atoms with E-state index in [4.69, 9.17) is 16.3 Å². The topological polar surface area (TPSA) is 22.1 Å². The van der Waals surface area contributed by atoms with Crippen molar-refractivity contribution in [1.82, 2.24) is 4.98 Å². The third kappa shape index (κ3) is 3.17. The van der Waals surface area contributed by atoms with Crippen molar-refractivity contribution in [2.24, 2.45) is 0 Å². The Balaban J connectivity index is 1.74. The molecular weight excluding hydrogens is 308 g/mol. The first-order valence-electron chi connectivity index (χ1n) is 6.74. The summed E-state index contributed by atoms with van der Waals surface area (Å²) in [7, 11) is 0. The summed E-state index contributed by atoms with van der Waals surface area (Å²) in [6, 6.07) is 10.6. The van der Waals surface area contributed by atoms with Crippen LogP contribution in [0.4, 0.5) is 8.78 Å². The van der Waals surface area contributed by atoms with Crippen LogP contribution in [0, 0.1) is 11.6 Å². The predicted octanol–water partition coefficient (Wildman–Crippen LogP) is 4.79. The van der Waals surface area contributed by atoms with Crippen LogP contribution in [0.2, 0.25) is 5.02 Å². The second kappa shape index (κ2) is 6.28. The van der Waals surface area contributed by atoms with Gasteiger partial charge in [0.05, 0.1) is 12.1 Å². The van der Waals surface area contributed by atoms with Gasteiger partial charge in [-0.15, -0.1) is 0 Å². The SMILES string of the molecule is Fc1ccc(CCOc2ccnc3cc(Cl)ccc23)c(F)c1. The summed E-state index contributed by atoms with van der Waals surface area (Å²) in [6.45, 7) is 0.282. The van der Waals surface area contributed by atoms with Crippen molar-refractivity contribution in [3.8, 4) is 5.75 Å². The molecule has 3 rings (SSSR count). The molecule has 0 saturated carbocycles.